The Hall–Kier alpha value is -0.935. The molecule has 4 nitrogen and oxygen atoms in total. The normalized spacial score (nSPS) is 27.3. The average molecular weight is 252 g/mol. The van der Waals surface area contributed by atoms with E-state index in [1.807, 2.05) is 13.0 Å². The molecule has 2 rings (SSSR count). The molecule has 1 heterocycles. The summed E-state index contributed by atoms with van der Waals surface area (Å²) in [5.74, 6) is 1.65. The number of allylic oxidation sites excluding steroid dienone is 3. The minimum Gasteiger partial charge on any atom is -0.497 e. The molecular weight excluding hydrogens is 231 g/mol. The number of hydrogen-bond acceptors (Lipinski definition) is 4. The van der Waals surface area contributed by atoms with E-state index in [2.05, 4.69) is 13.8 Å². The van der Waals surface area contributed by atoms with E-state index in [1.54, 1.807) is 14.2 Å². The molecule has 100 valence electrons. The van der Waals surface area contributed by atoms with Crippen LogP contribution in [-0.2, 0) is 18.8 Å². The predicted octanol–water partition coefficient (Wildman–Crippen LogP) is 2.45. The Kier molecular flexibility index (Phi) is 3.73. The zero-order chi connectivity index (χ0) is 13.3. The molecule has 0 bridgehead atoms. The first-order valence-corrected chi connectivity index (χ1v) is 6.33. The van der Waals surface area contributed by atoms with Gasteiger partial charge in [-0.3, -0.25) is 0 Å². The fraction of sp³-hybridized carbons (Fsp3) is 0.692. The first kappa shape index (κ1) is 13.5. The zero-order valence-electron chi connectivity index (χ0n) is 11.8. The van der Waals surface area contributed by atoms with Gasteiger partial charge in [0.2, 0.25) is 0 Å². The highest BCUT2D eigenvalue weighted by Gasteiger charge is 2.45. The fourth-order valence-electron chi connectivity index (χ4n) is 2.18. The van der Waals surface area contributed by atoms with Crippen LogP contribution in [0.3, 0.4) is 0 Å². The maximum absolute atomic E-state index is 5.95. The summed E-state index contributed by atoms with van der Waals surface area (Å²) < 4.78 is 22.4. The predicted molar refractivity (Wildman–Crippen MR) is 69.8 cm³/mol. The van der Waals surface area contributed by atoms with Crippen molar-refractivity contribution in [3.63, 3.8) is 0 Å². The first-order chi connectivity index (χ1) is 8.47. The molecular formula is C13H21BO4. The Morgan fingerprint density at radius 1 is 1.28 bits per heavy atom. The summed E-state index contributed by atoms with van der Waals surface area (Å²) in [7, 11) is 3.05. The number of hydrogen-bond donors (Lipinski definition) is 0. The van der Waals surface area contributed by atoms with Gasteiger partial charge in [0.05, 0.1) is 25.9 Å². The molecule has 0 radical (unpaired) electrons. The lowest BCUT2D eigenvalue weighted by Gasteiger charge is -2.22. The molecule has 1 unspecified atom stereocenters. The second-order valence-corrected chi connectivity index (χ2v) is 5.25. The molecule has 0 spiro atoms. The van der Waals surface area contributed by atoms with E-state index >= 15 is 0 Å². The van der Waals surface area contributed by atoms with Crippen LogP contribution in [0.4, 0.5) is 0 Å². The highest BCUT2D eigenvalue weighted by Crippen LogP contribution is 2.34. The molecule has 1 atom stereocenters. The van der Waals surface area contributed by atoms with Gasteiger partial charge in [0.1, 0.15) is 5.76 Å². The minimum absolute atomic E-state index is 0.0854. The van der Waals surface area contributed by atoms with Crippen molar-refractivity contribution in [2.75, 3.05) is 14.2 Å². The van der Waals surface area contributed by atoms with Crippen molar-refractivity contribution in [2.45, 2.75) is 45.3 Å². The van der Waals surface area contributed by atoms with Crippen molar-refractivity contribution in [3.05, 3.63) is 23.1 Å². The van der Waals surface area contributed by atoms with Crippen LogP contribution in [0.2, 0.25) is 0 Å². The molecule has 1 saturated heterocycles. The van der Waals surface area contributed by atoms with E-state index in [0.29, 0.717) is 0 Å². The van der Waals surface area contributed by atoms with E-state index in [0.717, 1.165) is 29.8 Å². The summed E-state index contributed by atoms with van der Waals surface area (Å²) in [6.45, 7) is 6.14. The molecule has 0 N–H and O–H groups in total. The Bertz CT molecular complexity index is 386. The second kappa shape index (κ2) is 4.98. The third kappa shape index (κ3) is 2.42. The van der Waals surface area contributed by atoms with Crippen molar-refractivity contribution in [2.24, 2.45) is 0 Å². The number of rotatable bonds is 3. The maximum Gasteiger partial charge on any atom is 0.490 e. The summed E-state index contributed by atoms with van der Waals surface area (Å²) in [4.78, 5) is 0. The van der Waals surface area contributed by atoms with Gasteiger partial charge >= 0.3 is 7.12 Å². The quantitative estimate of drug-likeness (QED) is 0.723. The Labute approximate surface area is 109 Å². The summed E-state index contributed by atoms with van der Waals surface area (Å²) >= 11 is 0. The van der Waals surface area contributed by atoms with E-state index < -0.39 is 0 Å². The van der Waals surface area contributed by atoms with Gasteiger partial charge in [-0.05, 0) is 38.7 Å². The fourth-order valence-corrected chi connectivity index (χ4v) is 2.18. The van der Waals surface area contributed by atoms with Gasteiger partial charge in [-0.1, -0.05) is 0 Å². The van der Waals surface area contributed by atoms with Crippen LogP contribution in [0.5, 0.6) is 0 Å². The standard InChI is InChI=1S/C13H21BO4/c1-9-13(2,3)18-14(17-9)10-6-7-11(15-4)12(8-10)16-5/h8-9H,6-7H2,1-5H3. The van der Waals surface area contributed by atoms with Crippen molar-refractivity contribution < 1.29 is 18.8 Å². The zero-order valence-corrected chi connectivity index (χ0v) is 11.8. The van der Waals surface area contributed by atoms with Gasteiger partial charge in [-0.15, -0.1) is 0 Å². The van der Waals surface area contributed by atoms with Gasteiger partial charge in [0.25, 0.3) is 0 Å². The van der Waals surface area contributed by atoms with Crippen molar-refractivity contribution >= 4 is 7.12 Å². The lowest BCUT2D eigenvalue weighted by Crippen LogP contribution is -2.30. The summed E-state index contributed by atoms with van der Waals surface area (Å²) in [6.07, 6.45) is 3.76. The van der Waals surface area contributed by atoms with Gasteiger partial charge in [-0.2, -0.15) is 0 Å². The van der Waals surface area contributed by atoms with Crippen LogP contribution < -0.4 is 0 Å². The molecule has 1 fully saturated rings. The van der Waals surface area contributed by atoms with Crippen LogP contribution in [0.15, 0.2) is 23.1 Å². The maximum atomic E-state index is 5.95. The van der Waals surface area contributed by atoms with Gasteiger partial charge in [0, 0.05) is 6.42 Å². The SMILES string of the molecule is COC1=C(OC)CCC(B2OC(C)C(C)(C)O2)=C1. The highest BCUT2D eigenvalue weighted by molar-refractivity contribution is 6.54. The molecule has 0 amide bonds. The molecule has 0 aromatic carbocycles. The molecule has 2 aliphatic rings. The molecule has 0 aromatic rings. The van der Waals surface area contributed by atoms with Crippen LogP contribution in [-0.4, -0.2) is 33.0 Å². The third-order valence-corrected chi connectivity index (χ3v) is 3.72. The second-order valence-electron chi connectivity index (χ2n) is 5.25. The topological polar surface area (TPSA) is 36.9 Å². The van der Waals surface area contributed by atoms with E-state index in [1.165, 1.54) is 0 Å². The monoisotopic (exact) mass is 252 g/mol. The smallest absolute Gasteiger partial charge is 0.490 e. The van der Waals surface area contributed by atoms with Crippen molar-refractivity contribution in [1.29, 1.82) is 0 Å². The number of methoxy groups -OCH3 is 2. The molecule has 1 aliphatic heterocycles. The van der Waals surface area contributed by atoms with E-state index in [9.17, 15) is 0 Å². The molecule has 18 heavy (non-hydrogen) atoms. The minimum atomic E-state index is -0.265. The van der Waals surface area contributed by atoms with Crippen LogP contribution in [0.1, 0.15) is 33.6 Å². The third-order valence-electron chi connectivity index (χ3n) is 3.72. The van der Waals surface area contributed by atoms with Crippen LogP contribution in [0.25, 0.3) is 0 Å². The Morgan fingerprint density at radius 3 is 2.50 bits per heavy atom. The van der Waals surface area contributed by atoms with Crippen LogP contribution in [0, 0.1) is 0 Å². The van der Waals surface area contributed by atoms with E-state index in [4.69, 9.17) is 18.8 Å². The Balaban J connectivity index is 2.17. The first-order valence-electron chi connectivity index (χ1n) is 6.33. The number of ether oxygens (including phenoxy) is 2. The average Bonchev–Trinajstić information content (AvgIpc) is 2.63. The van der Waals surface area contributed by atoms with Crippen molar-refractivity contribution in [3.8, 4) is 0 Å². The summed E-state index contributed by atoms with van der Waals surface area (Å²) in [5.41, 5.74) is 0.870. The summed E-state index contributed by atoms with van der Waals surface area (Å²) in [5, 5.41) is 0. The molecule has 0 saturated carbocycles. The lowest BCUT2D eigenvalue weighted by atomic mass is 9.73. The largest absolute Gasteiger partial charge is 0.497 e. The Morgan fingerprint density at radius 2 is 2.00 bits per heavy atom. The van der Waals surface area contributed by atoms with Crippen molar-refractivity contribution in [1.82, 2.24) is 0 Å². The highest BCUT2D eigenvalue weighted by atomic mass is 16.7. The summed E-state index contributed by atoms with van der Waals surface area (Å²) in [6, 6.07) is 0. The molecule has 0 aromatic heterocycles. The van der Waals surface area contributed by atoms with Crippen LogP contribution >= 0.6 is 0 Å². The van der Waals surface area contributed by atoms with Gasteiger partial charge in [0.15, 0.2) is 5.76 Å². The van der Waals surface area contributed by atoms with Gasteiger partial charge < -0.3 is 18.8 Å². The molecule has 5 heteroatoms. The lowest BCUT2D eigenvalue weighted by molar-refractivity contribution is 0.0841. The molecule has 1 aliphatic carbocycles. The van der Waals surface area contributed by atoms with E-state index in [-0.39, 0.29) is 18.8 Å². The van der Waals surface area contributed by atoms with Gasteiger partial charge in [-0.25, -0.2) is 0 Å².